The number of hydrogen-bond acceptors (Lipinski definition) is 9. The van der Waals surface area contributed by atoms with Crippen LogP contribution in [-0.4, -0.2) is 76.2 Å². The van der Waals surface area contributed by atoms with Crippen LogP contribution in [0.3, 0.4) is 0 Å². The smallest absolute Gasteiger partial charge is 0.394 e. The van der Waals surface area contributed by atoms with Crippen molar-refractivity contribution in [1.82, 2.24) is 0 Å². The second kappa shape index (κ2) is 15.8. The molecule has 2 N–H and O–H groups in total. The van der Waals surface area contributed by atoms with Crippen LogP contribution in [0.1, 0.15) is 17.4 Å². The number of rotatable bonds is 17. The summed E-state index contributed by atoms with van der Waals surface area (Å²) in [6.07, 6.45) is 2.09. The highest BCUT2D eigenvalue weighted by Gasteiger charge is 2.14. The van der Waals surface area contributed by atoms with Crippen molar-refractivity contribution < 1.29 is 29.0 Å². The van der Waals surface area contributed by atoms with E-state index in [4.69, 9.17) is 24.4 Å². The van der Waals surface area contributed by atoms with Gasteiger partial charge in [0, 0.05) is 23.7 Å². The van der Waals surface area contributed by atoms with E-state index < -0.39 is 0 Å². The number of aryl methyl sites for hydroxylation is 3. The van der Waals surface area contributed by atoms with Crippen molar-refractivity contribution in [1.29, 1.82) is 0 Å². The van der Waals surface area contributed by atoms with Crippen LogP contribution in [0.4, 0.5) is 16.5 Å². The van der Waals surface area contributed by atoms with E-state index in [0.29, 0.717) is 52.7 Å². The van der Waals surface area contributed by atoms with Crippen LogP contribution in [0.2, 0.25) is 0 Å². The number of aliphatic hydroxyl groups excluding tert-OH is 2. The summed E-state index contributed by atoms with van der Waals surface area (Å²) in [5.41, 5.74) is 2.92. The largest absolute Gasteiger partial charge is 0.408 e. The van der Waals surface area contributed by atoms with Crippen molar-refractivity contribution >= 4 is 27.8 Å². The molecule has 1 heterocycles. The molecule has 2 aromatic rings. The van der Waals surface area contributed by atoms with Crippen molar-refractivity contribution in [3.05, 3.63) is 34.8 Å². The Kier molecular flexibility index (Phi) is 13.1. The van der Waals surface area contributed by atoms with Crippen molar-refractivity contribution in [3.8, 4) is 0 Å². The molecule has 1 aromatic heterocycles. The molecule has 0 aliphatic heterocycles. The summed E-state index contributed by atoms with van der Waals surface area (Å²) in [6, 6.07) is 6.11. The van der Waals surface area contributed by atoms with Gasteiger partial charge in [-0.25, -0.2) is 4.57 Å². The molecule has 0 saturated heterocycles. The predicted octanol–water partition coefficient (Wildman–Crippen LogP) is 2.93. The van der Waals surface area contributed by atoms with Crippen LogP contribution < -0.4 is 9.47 Å². The average Bonchev–Trinajstić information content (AvgIpc) is 3.18. The van der Waals surface area contributed by atoms with Gasteiger partial charge < -0.3 is 29.3 Å². The number of ether oxygens (including phenoxy) is 3. The monoisotopic (exact) mass is 481 g/mol. The highest BCUT2D eigenvalue weighted by atomic mass is 32.1. The molecule has 0 atom stereocenters. The maximum Gasteiger partial charge on any atom is 0.408 e. The summed E-state index contributed by atoms with van der Waals surface area (Å²) in [5.74, 6) is 0. The number of azo groups is 1. The third-order valence-electron chi connectivity index (χ3n) is 4.82. The molecule has 0 spiro atoms. The third kappa shape index (κ3) is 9.83. The number of thiazole rings is 1. The van der Waals surface area contributed by atoms with Gasteiger partial charge in [-0.15, -0.1) is 0 Å². The van der Waals surface area contributed by atoms with Gasteiger partial charge in [0.2, 0.25) is 0 Å². The van der Waals surface area contributed by atoms with Crippen LogP contribution >= 0.6 is 11.3 Å². The highest BCUT2D eigenvalue weighted by Crippen LogP contribution is 2.27. The van der Waals surface area contributed by atoms with E-state index in [1.54, 1.807) is 11.3 Å². The maximum absolute atomic E-state index is 8.94. The number of aromatic nitrogens is 1. The fourth-order valence-corrected chi connectivity index (χ4v) is 3.97. The standard InChI is InChI=1S/C23H37N4O5S/c1-4-26-18-20(3)33-23(26)25-24-22-6-5-21(17-19(22)2)27(7-11-30-13-9-28)8-12-31-15-16-32-14-10-29/h5-6,17-18,28-29H,4,7-16H2,1-3H3/q+1. The molecule has 0 radical (unpaired) electrons. The van der Waals surface area contributed by atoms with Crippen LogP contribution in [-0.2, 0) is 20.8 Å². The minimum atomic E-state index is 0.0115. The summed E-state index contributed by atoms with van der Waals surface area (Å²) in [4.78, 5) is 3.40. The van der Waals surface area contributed by atoms with Crippen molar-refractivity contribution in [2.24, 2.45) is 10.2 Å². The fourth-order valence-electron chi connectivity index (χ4n) is 3.13. The molecule has 0 amide bonds. The van der Waals surface area contributed by atoms with Gasteiger partial charge in [0.1, 0.15) is 11.9 Å². The summed E-state index contributed by atoms with van der Waals surface area (Å²) >= 11 is 1.63. The van der Waals surface area contributed by atoms with E-state index >= 15 is 0 Å². The average molecular weight is 482 g/mol. The number of anilines is 1. The van der Waals surface area contributed by atoms with Gasteiger partial charge in [0.05, 0.1) is 64.5 Å². The Morgan fingerprint density at radius 1 is 0.909 bits per heavy atom. The Morgan fingerprint density at radius 3 is 2.15 bits per heavy atom. The molecule has 0 bridgehead atoms. The Bertz CT molecular complexity index is 846. The van der Waals surface area contributed by atoms with Crippen LogP contribution in [0, 0.1) is 13.8 Å². The molecule has 0 fully saturated rings. The first-order valence-corrected chi connectivity index (χ1v) is 12.1. The van der Waals surface area contributed by atoms with Crippen LogP contribution in [0.25, 0.3) is 0 Å². The topological polar surface area (TPSA) is 100.0 Å². The Labute approximate surface area is 200 Å². The zero-order chi connectivity index (χ0) is 23.9. The first-order chi connectivity index (χ1) is 16.1. The zero-order valence-electron chi connectivity index (χ0n) is 19.9. The summed E-state index contributed by atoms with van der Waals surface area (Å²) in [6.45, 7) is 11.1. The van der Waals surface area contributed by atoms with Gasteiger partial charge in [0.15, 0.2) is 0 Å². The number of benzene rings is 1. The Hall–Kier alpha value is -1.95. The number of nitrogens with zero attached hydrogens (tertiary/aromatic N) is 4. The van der Waals surface area contributed by atoms with Gasteiger partial charge in [-0.3, -0.25) is 0 Å². The second-order valence-electron chi connectivity index (χ2n) is 7.35. The van der Waals surface area contributed by atoms with Crippen LogP contribution in [0.15, 0.2) is 34.6 Å². The quantitative estimate of drug-likeness (QED) is 0.205. The highest BCUT2D eigenvalue weighted by molar-refractivity contribution is 7.14. The minimum absolute atomic E-state index is 0.0115. The third-order valence-corrected chi connectivity index (χ3v) is 5.75. The van der Waals surface area contributed by atoms with Gasteiger partial charge in [-0.2, -0.15) is 0 Å². The molecule has 33 heavy (non-hydrogen) atoms. The molecule has 0 aliphatic rings. The lowest BCUT2D eigenvalue weighted by Crippen LogP contribution is -2.31. The molecule has 0 unspecified atom stereocenters. The molecule has 2 rings (SSSR count). The molecule has 9 nitrogen and oxygen atoms in total. The van der Waals surface area contributed by atoms with E-state index in [1.165, 1.54) is 4.88 Å². The van der Waals surface area contributed by atoms with Gasteiger partial charge in [-0.05, 0) is 61.0 Å². The van der Waals surface area contributed by atoms with E-state index in [9.17, 15) is 0 Å². The molecule has 0 aliphatic carbocycles. The van der Waals surface area contributed by atoms with E-state index in [1.807, 2.05) is 19.1 Å². The molecular weight excluding hydrogens is 444 g/mol. The van der Waals surface area contributed by atoms with Gasteiger partial charge in [-0.1, -0.05) is 0 Å². The van der Waals surface area contributed by atoms with Crippen molar-refractivity contribution in [3.63, 3.8) is 0 Å². The van der Waals surface area contributed by atoms with E-state index in [-0.39, 0.29) is 13.2 Å². The van der Waals surface area contributed by atoms with Gasteiger partial charge >= 0.3 is 5.13 Å². The molecular formula is C23H37N4O5S+. The Morgan fingerprint density at radius 2 is 1.55 bits per heavy atom. The number of hydrogen-bond donors (Lipinski definition) is 2. The fraction of sp³-hybridized carbons (Fsp3) is 0.609. The second-order valence-corrected chi connectivity index (χ2v) is 8.57. The summed E-state index contributed by atoms with van der Waals surface area (Å²) < 4.78 is 18.4. The molecule has 10 heteroatoms. The van der Waals surface area contributed by atoms with Gasteiger partial charge in [0.25, 0.3) is 0 Å². The Balaban J connectivity index is 2.01. The zero-order valence-corrected chi connectivity index (χ0v) is 20.7. The minimum Gasteiger partial charge on any atom is -0.394 e. The first-order valence-electron chi connectivity index (χ1n) is 11.3. The van der Waals surface area contributed by atoms with E-state index in [2.05, 4.69) is 45.8 Å². The van der Waals surface area contributed by atoms with E-state index in [0.717, 1.165) is 28.6 Å². The van der Waals surface area contributed by atoms with Crippen LogP contribution in [0.5, 0.6) is 0 Å². The lowest BCUT2D eigenvalue weighted by molar-refractivity contribution is -0.677. The first kappa shape index (κ1) is 27.3. The lowest BCUT2D eigenvalue weighted by atomic mass is 10.1. The molecule has 1 aromatic carbocycles. The van der Waals surface area contributed by atoms with Crippen molar-refractivity contribution in [2.45, 2.75) is 27.3 Å². The SMILES string of the molecule is CC[n+]1cc(C)sc1N=Nc1ccc(N(CCOCCO)CCOCCOCCO)cc1C. The lowest BCUT2D eigenvalue weighted by Gasteiger charge is -2.25. The molecule has 184 valence electrons. The molecule has 0 saturated carbocycles. The maximum atomic E-state index is 8.94. The predicted molar refractivity (Wildman–Crippen MR) is 129 cm³/mol. The summed E-state index contributed by atoms with van der Waals surface area (Å²) in [7, 11) is 0. The summed E-state index contributed by atoms with van der Waals surface area (Å²) in [5, 5.41) is 27.5. The number of aliphatic hydroxyl groups is 2. The van der Waals surface area contributed by atoms with Crippen molar-refractivity contribution in [2.75, 3.05) is 70.8 Å². The normalized spacial score (nSPS) is 11.5.